The minimum atomic E-state index is -4.93. The summed E-state index contributed by atoms with van der Waals surface area (Å²) in [6.45, 7) is 0.199. The Morgan fingerprint density at radius 1 is 1.04 bits per heavy atom. The Balaban J connectivity index is 1.46. The molecule has 2 aliphatic heterocycles. The van der Waals surface area contributed by atoms with Crippen LogP contribution in [-0.4, -0.2) is 103 Å². The number of carbonyl (C=O) groups excluding carboxylic acids is 2. The first-order valence-electron chi connectivity index (χ1n) is 16.8. The monoisotopic (exact) mass is 774 g/mol. The lowest BCUT2D eigenvalue weighted by Gasteiger charge is -2.48. The van der Waals surface area contributed by atoms with Gasteiger partial charge in [-0.05, 0) is 50.2 Å². The number of anilines is 1. The van der Waals surface area contributed by atoms with Crippen molar-refractivity contribution in [2.45, 2.75) is 50.1 Å². The molecule has 1 fully saturated rings. The van der Waals surface area contributed by atoms with Gasteiger partial charge >= 0.3 is 12.4 Å². The van der Waals surface area contributed by atoms with Gasteiger partial charge in [-0.15, -0.1) is 0 Å². The maximum atomic E-state index is 15.5. The number of aliphatic hydroxyl groups excluding tert-OH is 1. The first-order chi connectivity index (χ1) is 25.4. The van der Waals surface area contributed by atoms with Crippen molar-refractivity contribution in [2.24, 2.45) is 4.99 Å². The van der Waals surface area contributed by atoms with Crippen LogP contribution in [-0.2, 0) is 27.0 Å². The van der Waals surface area contributed by atoms with Gasteiger partial charge in [0.1, 0.15) is 30.3 Å². The molecule has 2 amide bonds. The molecule has 0 bridgehead atoms. The number of aliphatic hydroxyl groups is 1. The third-order valence-corrected chi connectivity index (χ3v) is 9.60. The largest absolute Gasteiger partial charge is 0.509 e. The fourth-order valence-corrected chi connectivity index (χ4v) is 6.54. The van der Waals surface area contributed by atoms with Gasteiger partial charge in [-0.25, -0.2) is 9.40 Å². The number of hydrogen-bond donors (Lipinski definition) is 3. The van der Waals surface area contributed by atoms with E-state index in [4.69, 9.17) is 9.47 Å². The molecule has 0 radical (unpaired) electrons. The van der Waals surface area contributed by atoms with Crippen LogP contribution in [0.5, 0.6) is 5.75 Å². The van der Waals surface area contributed by atoms with Crippen LogP contribution in [0.15, 0.2) is 58.4 Å². The lowest BCUT2D eigenvalue weighted by molar-refractivity contribution is -0.163. The highest BCUT2D eigenvalue weighted by Gasteiger charge is 2.53. The van der Waals surface area contributed by atoms with Crippen molar-refractivity contribution >= 4 is 23.2 Å². The highest BCUT2D eigenvalue weighted by Crippen LogP contribution is 2.45. The van der Waals surface area contributed by atoms with Gasteiger partial charge in [0.25, 0.3) is 11.8 Å². The number of aliphatic imine (C=N–C) groups is 1. The summed E-state index contributed by atoms with van der Waals surface area (Å²) in [5, 5.41) is 18.1. The number of nitrogens with one attached hydrogen (secondary N) is 2. The molecule has 2 aromatic carbocycles. The van der Waals surface area contributed by atoms with Gasteiger partial charge in [-0.2, -0.15) is 30.7 Å². The quantitative estimate of drug-likeness (QED) is 0.186. The molecule has 5 rings (SSSR count). The van der Waals surface area contributed by atoms with Crippen molar-refractivity contribution in [3.63, 3.8) is 0 Å². The predicted octanol–water partition coefficient (Wildman–Crippen LogP) is 5.69. The average molecular weight is 775 g/mol. The van der Waals surface area contributed by atoms with Gasteiger partial charge in [0.05, 0.1) is 35.7 Å². The Labute approximate surface area is 304 Å². The third kappa shape index (κ3) is 8.32. The number of likely N-dealkylation sites (N-methyl/N-ethyl adjacent to an activating group) is 2. The normalized spacial score (nSPS) is 17.9. The standard InChI is InChI=1S/C35H38F8N6O5/c1-47(12-14-53-3)13-15-54-25-9-6-20(28(36)29(25)37)18-49-32(52)27(30(50)33(48(49)2)10-4-5-11-33)31(51)46-23-8-7-21(34(38,39)40)16-22(23)24-17-26(35(41,42)43)45-19-44-24/h6-9,16-17,45,50H,4-5,10-15,18-19H2,1-3H3,(H,46,51). The van der Waals surface area contributed by atoms with Crippen LogP contribution >= 0.6 is 0 Å². The molecule has 0 saturated heterocycles. The molecule has 54 heavy (non-hydrogen) atoms. The van der Waals surface area contributed by atoms with Crippen molar-refractivity contribution < 1.29 is 59.3 Å². The van der Waals surface area contributed by atoms with E-state index in [9.17, 15) is 41.0 Å². The molecule has 2 aromatic rings. The van der Waals surface area contributed by atoms with Crippen molar-refractivity contribution in [1.29, 1.82) is 0 Å². The molecule has 1 spiro atoms. The smallest absolute Gasteiger partial charge is 0.431 e. The summed E-state index contributed by atoms with van der Waals surface area (Å²) < 4.78 is 123. The number of hydrazine groups is 1. The second-order valence-corrected chi connectivity index (χ2v) is 13.0. The molecule has 1 aliphatic carbocycles. The van der Waals surface area contributed by atoms with Gasteiger partial charge in [0, 0.05) is 38.4 Å². The van der Waals surface area contributed by atoms with E-state index in [0.29, 0.717) is 50.7 Å². The Morgan fingerprint density at radius 3 is 2.37 bits per heavy atom. The van der Waals surface area contributed by atoms with Crippen LogP contribution in [0.3, 0.4) is 0 Å². The van der Waals surface area contributed by atoms with Crippen molar-refractivity contribution in [1.82, 2.24) is 20.2 Å². The molecule has 11 nitrogen and oxygen atoms in total. The zero-order chi connectivity index (χ0) is 39.6. The number of carbonyl (C=O) groups is 2. The number of rotatable bonds is 12. The van der Waals surface area contributed by atoms with Crippen LogP contribution < -0.4 is 15.4 Å². The molecule has 19 heteroatoms. The van der Waals surface area contributed by atoms with E-state index in [1.807, 2.05) is 10.2 Å². The number of allylic oxidation sites excluding steroid dienone is 2. The molecular formula is C35H38F8N6O5. The van der Waals surface area contributed by atoms with Crippen molar-refractivity contribution in [3.8, 4) is 5.75 Å². The summed E-state index contributed by atoms with van der Waals surface area (Å²) >= 11 is 0. The summed E-state index contributed by atoms with van der Waals surface area (Å²) in [7, 11) is 4.78. The first-order valence-corrected chi connectivity index (χ1v) is 16.8. The minimum absolute atomic E-state index is 0.0268. The van der Waals surface area contributed by atoms with E-state index in [2.05, 4.69) is 10.3 Å². The Hall–Kier alpha value is -4.75. The van der Waals surface area contributed by atoms with Crippen molar-refractivity contribution in [3.05, 3.63) is 81.8 Å². The molecule has 0 atom stereocenters. The van der Waals surface area contributed by atoms with Crippen LogP contribution in [0.1, 0.15) is 42.4 Å². The van der Waals surface area contributed by atoms with Crippen LogP contribution in [0.2, 0.25) is 0 Å². The summed E-state index contributed by atoms with van der Waals surface area (Å²) in [5.74, 6) is -6.12. The highest BCUT2D eigenvalue weighted by atomic mass is 19.4. The number of hydrogen-bond acceptors (Lipinski definition) is 9. The number of alkyl halides is 6. The SMILES string of the molecule is COCCN(C)CCOc1ccc(CN2C(=O)C(C(=O)Nc3ccc(C(F)(F)F)cc3C3=NCNC(C(F)(F)F)=C3)=C(O)C3(CCCC3)N2C)c(F)c1F. The van der Waals surface area contributed by atoms with E-state index < -0.39 is 94.1 Å². The number of benzene rings is 2. The second-order valence-electron chi connectivity index (χ2n) is 13.0. The number of ether oxygens (including phenoxy) is 2. The molecule has 3 aliphatic rings. The van der Waals surface area contributed by atoms with E-state index in [1.54, 1.807) is 14.2 Å². The Bertz CT molecular complexity index is 1860. The van der Waals surface area contributed by atoms with E-state index in [1.165, 1.54) is 24.2 Å². The molecule has 1 saturated carbocycles. The average Bonchev–Trinajstić information content (AvgIpc) is 3.62. The molecular weight excluding hydrogens is 736 g/mol. The Morgan fingerprint density at radius 2 is 1.72 bits per heavy atom. The number of halogens is 8. The maximum Gasteiger partial charge on any atom is 0.431 e. The fourth-order valence-electron chi connectivity index (χ4n) is 6.54. The maximum absolute atomic E-state index is 15.5. The molecule has 0 aromatic heterocycles. The van der Waals surface area contributed by atoms with E-state index in [-0.39, 0.29) is 30.8 Å². The lowest BCUT2D eigenvalue weighted by atomic mass is 9.88. The van der Waals surface area contributed by atoms with Gasteiger partial charge < -0.3 is 30.1 Å². The Kier molecular flexibility index (Phi) is 11.9. The number of methoxy groups -OCH3 is 1. The van der Waals surface area contributed by atoms with E-state index in [0.717, 1.165) is 11.1 Å². The summed E-state index contributed by atoms with van der Waals surface area (Å²) in [4.78, 5) is 33.7. The van der Waals surface area contributed by atoms with Gasteiger partial charge in [0.2, 0.25) is 5.82 Å². The number of nitrogens with zero attached hydrogens (tertiary/aromatic N) is 4. The van der Waals surface area contributed by atoms with Crippen molar-refractivity contribution in [2.75, 3.05) is 59.5 Å². The molecule has 3 N–H and O–H groups in total. The number of amides is 2. The topological polar surface area (TPSA) is 119 Å². The second kappa shape index (κ2) is 15.9. The minimum Gasteiger partial charge on any atom is -0.509 e. The fraction of sp³-hybridized carbons (Fsp3) is 0.457. The first kappa shape index (κ1) is 40.4. The van der Waals surface area contributed by atoms with Crippen LogP contribution in [0.25, 0.3) is 0 Å². The zero-order valence-corrected chi connectivity index (χ0v) is 29.4. The molecule has 2 heterocycles. The lowest BCUT2D eigenvalue weighted by Crippen LogP contribution is -2.62. The van der Waals surface area contributed by atoms with Gasteiger partial charge in [-0.1, -0.05) is 18.9 Å². The zero-order valence-electron chi connectivity index (χ0n) is 29.4. The summed E-state index contributed by atoms with van der Waals surface area (Å²) in [6.07, 6.45) is -7.79. The predicted molar refractivity (Wildman–Crippen MR) is 179 cm³/mol. The summed E-state index contributed by atoms with van der Waals surface area (Å²) in [6, 6.07) is 4.28. The van der Waals surface area contributed by atoms with Gasteiger partial charge in [0.15, 0.2) is 11.6 Å². The molecule has 0 unspecified atom stereocenters. The van der Waals surface area contributed by atoms with Crippen LogP contribution in [0, 0.1) is 11.6 Å². The molecule has 294 valence electrons. The summed E-state index contributed by atoms with van der Waals surface area (Å²) in [5.41, 5.74) is -6.57. The van der Waals surface area contributed by atoms with E-state index >= 15 is 8.78 Å². The highest BCUT2D eigenvalue weighted by molar-refractivity contribution is 6.25. The third-order valence-electron chi connectivity index (χ3n) is 9.60. The van der Waals surface area contributed by atoms with Gasteiger partial charge in [-0.3, -0.25) is 19.6 Å². The van der Waals surface area contributed by atoms with Crippen LogP contribution in [0.4, 0.5) is 40.8 Å².